The van der Waals surface area contributed by atoms with Crippen molar-refractivity contribution < 1.29 is 33.3 Å². The van der Waals surface area contributed by atoms with Gasteiger partial charge in [-0.25, -0.2) is 0 Å². The highest BCUT2D eigenvalue weighted by Gasteiger charge is 2.19. The Morgan fingerprint density at radius 1 is 1.07 bits per heavy atom. The van der Waals surface area contributed by atoms with Gasteiger partial charge in [0.25, 0.3) is 11.8 Å². The van der Waals surface area contributed by atoms with Crippen molar-refractivity contribution in [3.05, 3.63) is 53.6 Å². The molecule has 2 aromatic carbocycles. The molecule has 0 fully saturated rings. The summed E-state index contributed by atoms with van der Waals surface area (Å²) in [6.45, 7) is 1.50. The van der Waals surface area contributed by atoms with Gasteiger partial charge in [0.1, 0.15) is 12.3 Å². The molecule has 0 saturated heterocycles. The van der Waals surface area contributed by atoms with Crippen LogP contribution in [0.5, 0.6) is 17.2 Å². The van der Waals surface area contributed by atoms with Gasteiger partial charge in [-0.05, 0) is 42.8 Å². The number of carbonyl (C=O) groups is 3. The lowest BCUT2D eigenvalue weighted by atomic mass is 10.2. The Labute approximate surface area is 173 Å². The molecule has 0 bridgehead atoms. The van der Waals surface area contributed by atoms with E-state index in [-0.39, 0.29) is 19.9 Å². The van der Waals surface area contributed by atoms with Crippen LogP contribution >= 0.6 is 0 Å². The lowest BCUT2D eigenvalue weighted by Crippen LogP contribution is -2.38. The minimum Gasteiger partial charge on any atom is -0.497 e. The number of carbonyl (C=O) groups excluding carboxylic acids is 3. The number of benzene rings is 2. The summed E-state index contributed by atoms with van der Waals surface area (Å²) in [7, 11) is 1.49. The molecule has 0 aliphatic carbocycles. The van der Waals surface area contributed by atoms with Crippen LogP contribution in [0.3, 0.4) is 0 Å². The first-order valence-corrected chi connectivity index (χ1v) is 9.24. The van der Waals surface area contributed by atoms with E-state index in [1.54, 1.807) is 42.5 Å². The zero-order valence-electron chi connectivity index (χ0n) is 16.6. The molecule has 30 heavy (non-hydrogen) atoms. The van der Waals surface area contributed by atoms with Crippen molar-refractivity contribution in [1.29, 1.82) is 0 Å². The van der Waals surface area contributed by atoms with Gasteiger partial charge in [-0.2, -0.15) is 0 Å². The van der Waals surface area contributed by atoms with Crippen molar-refractivity contribution in [3.8, 4) is 17.2 Å². The highest BCUT2D eigenvalue weighted by Crippen LogP contribution is 2.32. The van der Waals surface area contributed by atoms with Crippen molar-refractivity contribution >= 4 is 17.8 Å². The number of hydrogen-bond donors (Lipinski definition) is 2. The second kappa shape index (κ2) is 9.64. The van der Waals surface area contributed by atoms with Crippen LogP contribution in [0.2, 0.25) is 0 Å². The Bertz CT molecular complexity index is 945. The molecule has 2 amide bonds. The molecule has 0 aromatic heterocycles. The van der Waals surface area contributed by atoms with Gasteiger partial charge in [0, 0.05) is 12.1 Å². The fourth-order valence-corrected chi connectivity index (χ4v) is 2.69. The third kappa shape index (κ3) is 5.40. The number of fused-ring (bicyclic) bond motifs is 1. The topological polar surface area (TPSA) is 112 Å². The number of rotatable bonds is 8. The summed E-state index contributed by atoms with van der Waals surface area (Å²) in [5.74, 6) is 0.164. The van der Waals surface area contributed by atoms with E-state index < -0.39 is 23.9 Å². The maximum Gasteiger partial charge on any atom is 0.326 e. The SMILES string of the molecule is COc1cccc(C(=O)NCC(=O)OC(C)C(=O)NCc2ccc3c(c2)OCO3)c1. The van der Waals surface area contributed by atoms with E-state index in [4.69, 9.17) is 18.9 Å². The number of hydrogen-bond acceptors (Lipinski definition) is 7. The minimum absolute atomic E-state index is 0.173. The molecule has 1 atom stereocenters. The summed E-state index contributed by atoms with van der Waals surface area (Å²) in [5, 5.41) is 5.13. The lowest BCUT2D eigenvalue weighted by Gasteiger charge is -2.14. The van der Waals surface area contributed by atoms with Gasteiger partial charge in [-0.15, -0.1) is 0 Å². The van der Waals surface area contributed by atoms with Gasteiger partial charge in [-0.1, -0.05) is 12.1 Å². The first-order chi connectivity index (χ1) is 14.5. The molecule has 1 aliphatic heterocycles. The third-order valence-electron chi connectivity index (χ3n) is 4.31. The van der Waals surface area contributed by atoms with Gasteiger partial charge < -0.3 is 29.6 Å². The minimum atomic E-state index is -1.01. The van der Waals surface area contributed by atoms with Crippen LogP contribution in [0.4, 0.5) is 0 Å². The zero-order valence-corrected chi connectivity index (χ0v) is 16.6. The quantitative estimate of drug-likeness (QED) is 0.628. The summed E-state index contributed by atoms with van der Waals surface area (Å²) in [6.07, 6.45) is -1.01. The molecule has 2 N–H and O–H groups in total. The van der Waals surface area contributed by atoms with Crippen LogP contribution in [0.1, 0.15) is 22.8 Å². The van der Waals surface area contributed by atoms with E-state index in [1.165, 1.54) is 14.0 Å². The first kappa shape index (κ1) is 21.0. The Balaban J connectivity index is 1.42. The molecule has 2 aromatic rings. The normalized spacial score (nSPS) is 12.6. The Kier molecular flexibility index (Phi) is 6.74. The van der Waals surface area contributed by atoms with Gasteiger partial charge >= 0.3 is 5.97 Å². The maximum absolute atomic E-state index is 12.2. The molecule has 1 aliphatic rings. The average Bonchev–Trinajstić information content (AvgIpc) is 3.23. The highest BCUT2D eigenvalue weighted by molar-refractivity contribution is 5.96. The van der Waals surface area contributed by atoms with Gasteiger partial charge in [0.05, 0.1) is 7.11 Å². The van der Waals surface area contributed by atoms with E-state index in [1.807, 2.05) is 0 Å². The second-order valence-electron chi connectivity index (χ2n) is 6.45. The molecule has 0 saturated carbocycles. The average molecular weight is 414 g/mol. The molecule has 1 unspecified atom stereocenters. The Morgan fingerprint density at radius 2 is 1.87 bits per heavy atom. The Hall–Kier alpha value is -3.75. The summed E-state index contributed by atoms with van der Waals surface area (Å²) in [5.41, 5.74) is 1.16. The van der Waals surface area contributed by atoms with Crippen LogP contribution < -0.4 is 24.8 Å². The van der Waals surface area contributed by atoms with Gasteiger partial charge in [0.2, 0.25) is 6.79 Å². The fourth-order valence-electron chi connectivity index (χ4n) is 2.69. The van der Waals surface area contributed by atoms with E-state index in [9.17, 15) is 14.4 Å². The van der Waals surface area contributed by atoms with Crippen LogP contribution in [-0.4, -0.2) is 44.3 Å². The van der Waals surface area contributed by atoms with Crippen molar-refractivity contribution in [2.24, 2.45) is 0 Å². The Morgan fingerprint density at radius 3 is 2.67 bits per heavy atom. The summed E-state index contributed by atoms with van der Waals surface area (Å²) >= 11 is 0. The number of amides is 2. The summed E-state index contributed by atoms with van der Waals surface area (Å²) in [4.78, 5) is 36.2. The van der Waals surface area contributed by atoms with Crippen molar-refractivity contribution in [1.82, 2.24) is 10.6 Å². The largest absolute Gasteiger partial charge is 0.497 e. The van der Waals surface area contributed by atoms with Crippen molar-refractivity contribution in [2.45, 2.75) is 19.6 Å². The predicted octanol–water partition coefficient (Wildman–Crippen LogP) is 1.40. The molecule has 3 rings (SSSR count). The predicted molar refractivity (Wildman–Crippen MR) is 105 cm³/mol. The van der Waals surface area contributed by atoms with Crippen LogP contribution in [0.25, 0.3) is 0 Å². The maximum atomic E-state index is 12.2. The van der Waals surface area contributed by atoms with E-state index in [0.717, 1.165) is 5.56 Å². The fraction of sp³-hybridized carbons (Fsp3) is 0.286. The molecular formula is C21H22N2O7. The van der Waals surface area contributed by atoms with Gasteiger partial charge in [-0.3, -0.25) is 14.4 Å². The van der Waals surface area contributed by atoms with E-state index in [2.05, 4.69) is 10.6 Å². The number of esters is 1. The molecule has 9 nitrogen and oxygen atoms in total. The molecule has 0 radical (unpaired) electrons. The molecular weight excluding hydrogens is 392 g/mol. The lowest BCUT2D eigenvalue weighted by molar-refractivity contribution is -0.153. The zero-order chi connectivity index (χ0) is 21.5. The van der Waals surface area contributed by atoms with Crippen LogP contribution in [-0.2, 0) is 20.9 Å². The number of methoxy groups -OCH3 is 1. The number of nitrogens with one attached hydrogen (secondary N) is 2. The smallest absolute Gasteiger partial charge is 0.326 e. The second-order valence-corrected chi connectivity index (χ2v) is 6.45. The number of ether oxygens (including phenoxy) is 4. The molecule has 9 heteroatoms. The standard InChI is InChI=1S/C21H22N2O7/c1-13(20(25)22-10-14-6-7-17-18(8-14)29-12-28-17)30-19(24)11-23-21(26)15-4-3-5-16(9-15)27-2/h3-9,13H,10-12H2,1-2H3,(H,22,25)(H,23,26). The monoisotopic (exact) mass is 414 g/mol. The van der Waals surface area contributed by atoms with Crippen molar-refractivity contribution in [3.63, 3.8) is 0 Å². The molecule has 1 heterocycles. The molecule has 0 spiro atoms. The van der Waals surface area contributed by atoms with Crippen LogP contribution in [0.15, 0.2) is 42.5 Å². The highest BCUT2D eigenvalue weighted by atomic mass is 16.7. The molecule has 158 valence electrons. The third-order valence-corrected chi connectivity index (χ3v) is 4.31. The summed E-state index contributed by atoms with van der Waals surface area (Å²) < 4.78 is 20.7. The summed E-state index contributed by atoms with van der Waals surface area (Å²) in [6, 6.07) is 11.8. The van der Waals surface area contributed by atoms with Crippen molar-refractivity contribution in [2.75, 3.05) is 20.4 Å². The van der Waals surface area contributed by atoms with E-state index >= 15 is 0 Å². The van der Waals surface area contributed by atoms with E-state index in [0.29, 0.717) is 22.8 Å². The van der Waals surface area contributed by atoms with Gasteiger partial charge in [0.15, 0.2) is 17.6 Å². The van der Waals surface area contributed by atoms with Crippen LogP contribution in [0, 0.1) is 0 Å². The first-order valence-electron chi connectivity index (χ1n) is 9.24.